The first kappa shape index (κ1) is 20.7. The lowest BCUT2D eigenvalue weighted by Gasteiger charge is -2.24. The van der Waals surface area contributed by atoms with Crippen molar-refractivity contribution in [2.24, 2.45) is 0 Å². The van der Waals surface area contributed by atoms with Gasteiger partial charge in [-0.3, -0.25) is 14.5 Å². The van der Waals surface area contributed by atoms with Crippen LogP contribution in [0.2, 0.25) is 0 Å². The van der Waals surface area contributed by atoms with Gasteiger partial charge in [-0.15, -0.1) is 0 Å². The minimum absolute atomic E-state index is 0.0666. The molecule has 0 radical (unpaired) electrons. The third-order valence-electron chi connectivity index (χ3n) is 4.86. The zero-order valence-corrected chi connectivity index (χ0v) is 17.5. The van der Waals surface area contributed by atoms with E-state index in [1.807, 2.05) is 54.3 Å². The summed E-state index contributed by atoms with van der Waals surface area (Å²) in [6.07, 6.45) is 0. The van der Waals surface area contributed by atoms with E-state index in [2.05, 4.69) is 36.1 Å². The van der Waals surface area contributed by atoms with Gasteiger partial charge in [0, 0.05) is 5.69 Å². The number of hydrogen-bond acceptors (Lipinski definition) is 4. The van der Waals surface area contributed by atoms with E-state index in [9.17, 15) is 9.59 Å². The van der Waals surface area contributed by atoms with Crippen molar-refractivity contribution in [3.63, 3.8) is 0 Å². The van der Waals surface area contributed by atoms with Crippen LogP contribution in [0.1, 0.15) is 39.1 Å². The molecule has 2 aromatic carbocycles. The molecule has 0 aliphatic carbocycles. The van der Waals surface area contributed by atoms with E-state index in [1.165, 1.54) is 0 Å². The van der Waals surface area contributed by atoms with Crippen molar-refractivity contribution in [1.82, 2.24) is 14.9 Å². The fourth-order valence-corrected chi connectivity index (χ4v) is 3.34. The molecule has 2 N–H and O–H groups in total. The highest BCUT2D eigenvalue weighted by Gasteiger charge is 2.19. The van der Waals surface area contributed by atoms with E-state index in [-0.39, 0.29) is 23.4 Å². The summed E-state index contributed by atoms with van der Waals surface area (Å²) in [6, 6.07) is 15.1. The Bertz CT molecular complexity index is 1070. The fourth-order valence-electron chi connectivity index (χ4n) is 3.34. The second-order valence-electron chi connectivity index (χ2n) is 8.18. The van der Waals surface area contributed by atoms with Gasteiger partial charge in [0.15, 0.2) is 0 Å². The first-order chi connectivity index (χ1) is 13.8. The third kappa shape index (κ3) is 5.09. The molecule has 6 heteroatoms. The number of carbonyl (C=O) groups excluding carboxylic acids is 1. The van der Waals surface area contributed by atoms with Gasteiger partial charge in [-0.2, -0.15) is 0 Å². The number of likely N-dealkylation sites (N-methyl/N-ethyl adjacent to an activating group) is 1. The molecule has 0 fully saturated rings. The minimum atomic E-state index is -0.162. The van der Waals surface area contributed by atoms with Crippen LogP contribution in [-0.4, -0.2) is 33.9 Å². The molecular weight excluding hydrogens is 364 g/mol. The van der Waals surface area contributed by atoms with E-state index in [4.69, 9.17) is 0 Å². The van der Waals surface area contributed by atoms with Crippen LogP contribution >= 0.6 is 0 Å². The topological polar surface area (TPSA) is 78.1 Å². The highest BCUT2D eigenvalue weighted by Crippen LogP contribution is 2.29. The molecule has 0 saturated carbocycles. The van der Waals surface area contributed by atoms with Crippen molar-refractivity contribution in [2.75, 3.05) is 18.4 Å². The van der Waals surface area contributed by atoms with E-state index in [1.54, 1.807) is 6.07 Å². The van der Waals surface area contributed by atoms with Gasteiger partial charge in [0.25, 0.3) is 5.56 Å². The first-order valence-corrected chi connectivity index (χ1v) is 9.87. The molecule has 0 spiro atoms. The van der Waals surface area contributed by atoms with Crippen molar-refractivity contribution in [1.29, 1.82) is 0 Å². The lowest BCUT2D eigenvalue weighted by molar-refractivity contribution is -0.117. The number of fused-ring (bicyclic) bond motifs is 1. The summed E-state index contributed by atoms with van der Waals surface area (Å²) in [5.41, 5.74) is 2.36. The maximum Gasteiger partial charge on any atom is 0.258 e. The third-order valence-corrected chi connectivity index (χ3v) is 4.86. The van der Waals surface area contributed by atoms with Gasteiger partial charge in [0.05, 0.1) is 24.0 Å². The zero-order chi connectivity index (χ0) is 21.0. The summed E-state index contributed by atoms with van der Waals surface area (Å²) in [4.78, 5) is 34.3. The number of carbonyl (C=O) groups is 1. The molecule has 1 aromatic heterocycles. The molecule has 152 valence electrons. The minimum Gasteiger partial charge on any atom is -0.325 e. The Hall–Kier alpha value is -2.99. The average Bonchev–Trinajstić information content (AvgIpc) is 2.67. The van der Waals surface area contributed by atoms with E-state index in [0.29, 0.717) is 29.8 Å². The number of nitrogens with zero attached hydrogens (tertiary/aromatic N) is 2. The maximum atomic E-state index is 12.7. The number of benzene rings is 2. The van der Waals surface area contributed by atoms with Gasteiger partial charge in [-0.25, -0.2) is 4.98 Å². The molecule has 3 aromatic rings. The molecule has 0 aliphatic heterocycles. The average molecular weight is 393 g/mol. The number of aromatic nitrogens is 2. The summed E-state index contributed by atoms with van der Waals surface area (Å²) in [6.45, 7) is 9.62. The lowest BCUT2D eigenvalue weighted by atomic mass is 9.86. The predicted octanol–water partition coefficient (Wildman–Crippen LogP) is 3.68. The molecule has 0 atom stereocenters. The second kappa shape index (κ2) is 8.57. The number of aromatic amines is 1. The first-order valence-electron chi connectivity index (χ1n) is 9.87. The Morgan fingerprint density at radius 3 is 2.52 bits per heavy atom. The Balaban J connectivity index is 1.72. The van der Waals surface area contributed by atoms with Crippen LogP contribution in [0.15, 0.2) is 53.3 Å². The summed E-state index contributed by atoms with van der Waals surface area (Å²) in [5, 5.41) is 3.60. The number of anilines is 1. The molecule has 0 aliphatic rings. The van der Waals surface area contributed by atoms with E-state index in [0.717, 1.165) is 11.3 Å². The molecule has 1 heterocycles. The fraction of sp³-hybridized carbons (Fsp3) is 0.348. The van der Waals surface area contributed by atoms with Crippen LogP contribution < -0.4 is 10.9 Å². The summed E-state index contributed by atoms with van der Waals surface area (Å²) in [5.74, 6) is 0.463. The molecule has 0 saturated heterocycles. The summed E-state index contributed by atoms with van der Waals surface area (Å²) < 4.78 is 0. The number of rotatable bonds is 6. The Kier molecular flexibility index (Phi) is 6.13. The Morgan fingerprint density at radius 1 is 1.10 bits per heavy atom. The predicted molar refractivity (Wildman–Crippen MR) is 117 cm³/mol. The van der Waals surface area contributed by atoms with Crippen LogP contribution in [0.4, 0.5) is 5.69 Å². The van der Waals surface area contributed by atoms with Gasteiger partial charge in [0.1, 0.15) is 5.82 Å². The Labute approximate surface area is 171 Å². The van der Waals surface area contributed by atoms with Crippen molar-refractivity contribution >= 4 is 22.5 Å². The zero-order valence-electron chi connectivity index (χ0n) is 17.5. The number of H-pyrrole nitrogens is 1. The monoisotopic (exact) mass is 392 g/mol. The van der Waals surface area contributed by atoms with Crippen molar-refractivity contribution in [3.05, 3.63) is 70.3 Å². The lowest BCUT2D eigenvalue weighted by Crippen LogP contribution is -2.34. The second-order valence-corrected chi connectivity index (χ2v) is 8.18. The van der Waals surface area contributed by atoms with Crippen LogP contribution in [0.3, 0.4) is 0 Å². The molecule has 1 amide bonds. The molecule has 6 nitrogen and oxygen atoms in total. The van der Waals surface area contributed by atoms with Crippen molar-refractivity contribution in [2.45, 2.75) is 39.7 Å². The molecule has 29 heavy (non-hydrogen) atoms. The van der Waals surface area contributed by atoms with Crippen LogP contribution in [0, 0.1) is 0 Å². The largest absolute Gasteiger partial charge is 0.325 e. The highest BCUT2D eigenvalue weighted by atomic mass is 16.2. The standard InChI is InChI=1S/C23H28N4O2/c1-5-27(14-20-24-18-12-8-6-10-16(18)22(29)26-20)15-21(28)25-19-13-9-7-11-17(19)23(2,3)4/h6-13H,5,14-15H2,1-4H3,(H,25,28)(H,24,26,29). The van der Waals surface area contributed by atoms with Crippen LogP contribution in [0.5, 0.6) is 0 Å². The van der Waals surface area contributed by atoms with Crippen LogP contribution in [0.25, 0.3) is 10.9 Å². The van der Waals surface area contributed by atoms with Crippen molar-refractivity contribution in [3.8, 4) is 0 Å². The summed E-state index contributed by atoms with van der Waals surface area (Å²) in [7, 11) is 0. The molecule has 3 rings (SSSR count). The summed E-state index contributed by atoms with van der Waals surface area (Å²) >= 11 is 0. The maximum absolute atomic E-state index is 12.7. The molecular formula is C23H28N4O2. The van der Waals surface area contributed by atoms with E-state index >= 15 is 0 Å². The van der Waals surface area contributed by atoms with Gasteiger partial charge in [-0.05, 0) is 35.7 Å². The van der Waals surface area contributed by atoms with Gasteiger partial charge in [0.2, 0.25) is 5.91 Å². The number of hydrogen-bond donors (Lipinski definition) is 2. The number of para-hydroxylation sites is 2. The molecule has 0 bridgehead atoms. The number of nitrogens with one attached hydrogen (secondary N) is 2. The quantitative estimate of drug-likeness (QED) is 0.671. The normalized spacial score (nSPS) is 11.8. The SMILES string of the molecule is CCN(CC(=O)Nc1ccccc1C(C)(C)C)Cc1nc2ccccc2c(=O)[nH]1. The molecule has 0 unspecified atom stereocenters. The highest BCUT2D eigenvalue weighted by molar-refractivity contribution is 5.93. The number of amides is 1. The van der Waals surface area contributed by atoms with Crippen molar-refractivity contribution < 1.29 is 4.79 Å². The van der Waals surface area contributed by atoms with Crippen LogP contribution in [-0.2, 0) is 16.8 Å². The van der Waals surface area contributed by atoms with Gasteiger partial charge in [-0.1, -0.05) is 58.0 Å². The Morgan fingerprint density at radius 2 is 1.79 bits per heavy atom. The van der Waals surface area contributed by atoms with E-state index < -0.39 is 0 Å². The van der Waals surface area contributed by atoms with Gasteiger partial charge >= 0.3 is 0 Å². The van der Waals surface area contributed by atoms with Gasteiger partial charge < -0.3 is 10.3 Å². The smallest absolute Gasteiger partial charge is 0.258 e.